The minimum atomic E-state index is -1.26. The summed E-state index contributed by atoms with van der Waals surface area (Å²) < 4.78 is 6.01. The van der Waals surface area contributed by atoms with E-state index in [1.165, 1.54) is 6.42 Å². The topological polar surface area (TPSA) is 112 Å². The van der Waals surface area contributed by atoms with Gasteiger partial charge in [0.1, 0.15) is 4.60 Å². The highest BCUT2D eigenvalue weighted by Crippen LogP contribution is 2.27. The molecule has 0 radical (unpaired) electrons. The third kappa shape index (κ3) is 7.42. The van der Waals surface area contributed by atoms with Crippen molar-refractivity contribution in [2.75, 3.05) is 38.2 Å². The number of pyridine rings is 1. The van der Waals surface area contributed by atoms with Crippen molar-refractivity contribution < 1.29 is 24.5 Å². The van der Waals surface area contributed by atoms with Gasteiger partial charge in [-0.15, -0.1) is 0 Å². The molecule has 1 aromatic rings. The lowest BCUT2D eigenvalue weighted by molar-refractivity contribution is -0.134. The van der Waals surface area contributed by atoms with Gasteiger partial charge in [0.25, 0.3) is 0 Å². The highest BCUT2D eigenvalue weighted by molar-refractivity contribution is 9.10. The largest absolute Gasteiger partial charge is 0.494 e. The van der Waals surface area contributed by atoms with E-state index in [1.54, 1.807) is 7.11 Å². The molecule has 2 heterocycles. The summed E-state index contributed by atoms with van der Waals surface area (Å²) in [5.74, 6) is -1.73. The zero-order valence-corrected chi connectivity index (χ0v) is 14.8. The normalized spacial score (nSPS) is 14.5. The van der Waals surface area contributed by atoms with E-state index in [4.69, 9.17) is 14.9 Å². The van der Waals surface area contributed by atoms with Crippen molar-refractivity contribution in [3.8, 4) is 5.75 Å². The van der Waals surface area contributed by atoms with Crippen LogP contribution >= 0.6 is 15.9 Å². The van der Waals surface area contributed by atoms with E-state index in [2.05, 4.69) is 31.1 Å². The Labute approximate surface area is 148 Å². The number of carboxylic acids is 2. The minimum Gasteiger partial charge on any atom is -0.494 e. The molecule has 1 aliphatic heterocycles. The van der Waals surface area contributed by atoms with Crippen LogP contribution in [-0.2, 0) is 9.59 Å². The van der Waals surface area contributed by atoms with E-state index in [1.807, 2.05) is 12.3 Å². The first kappa shape index (κ1) is 19.9. The third-order valence-corrected chi connectivity index (χ3v) is 3.68. The van der Waals surface area contributed by atoms with Gasteiger partial charge >= 0.3 is 11.9 Å². The van der Waals surface area contributed by atoms with Crippen molar-refractivity contribution >= 4 is 33.6 Å². The lowest BCUT2D eigenvalue weighted by Gasteiger charge is -2.22. The highest BCUT2D eigenvalue weighted by Gasteiger charge is 2.12. The molecule has 1 fully saturated rings. The van der Waals surface area contributed by atoms with Crippen molar-refractivity contribution in [1.29, 1.82) is 0 Å². The van der Waals surface area contributed by atoms with Crippen LogP contribution in [0.4, 0.5) is 5.69 Å². The molecule has 1 aliphatic rings. The van der Waals surface area contributed by atoms with Crippen molar-refractivity contribution in [3.63, 3.8) is 0 Å². The second-order valence-electron chi connectivity index (χ2n) is 4.79. The van der Waals surface area contributed by atoms with Gasteiger partial charge in [-0.1, -0.05) is 0 Å². The number of nitrogens with one attached hydrogen (secondary N) is 1. The van der Waals surface area contributed by atoms with Crippen LogP contribution in [0.25, 0.3) is 0 Å². The number of hydrogen-bond donors (Lipinski definition) is 3. The number of rotatable bonds is 4. The molecule has 24 heavy (non-hydrogen) atoms. The van der Waals surface area contributed by atoms with Crippen LogP contribution in [0.3, 0.4) is 0 Å². The molecular weight excluding hydrogens is 382 g/mol. The number of nitrogens with zero attached hydrogens (tertiary/aromatic N) is 2. The molecule has 2 rings (SSSR count). The molecule has 1 aromatic heterocycles. The summed E-state index contributed by atoms with van der Waals surface area (Å²) in [6.07, 6.45) is 4.17. The number of carbonyl (C=O) groups is 2. The van der Waals surface area contributed by atoms with Crippen molar-refractivity contribution in [1.82, 2.24) is 10.3 Å². The van der Waals surface area contributed by atoms with Gasteiger partial charge in [-0.2, -0.15) is 0 Å². The number of ether oxygens (including phenoxy) is 1. The molecule has 1 saturated heterocycles. The zero-order valence-electron chi connectivity index (χ0n) is 13.2. The van der Waals surface area contributed by atoms with Crippen molar-refractivity contribution in [3.05, 3.63) is 29.0 Å². The summed E-state index contributed by atoms with van der Waals surface area (Å²) in [6.45, 7) is 4.21. The van der Waals surface area contributed by atoms with Gasteiger partial charge in [-0.25, -0.2) is 14.6 Å². The Bertz CT molecular complexity index is 570. The van der Waals surface area contributed by atoms with Crippen molar-refractivity contribution in [2.45, 2.75) is 6.42 Å². The first-order chi connectivity index (χ1) is 11.4. The van der Waals surface area contributed by atoms with Crippen LogP contribution < -0.4 is 15.0 Å². The standard InChI is InChI=1S/C11H16BrN3O.C4H4O4/c1-16-10-7-9(8-14-11(10)12)15-5-2-3-13-4-6-15;5-3(6)1-2-4(7)8/h7-8,13H,2-6H2,1H3;1-2H,(H,5,6)(H,7,8)/b;2-1+. The van der Waals surface area contributed by atoms with Crippen LogP contribution in [0.1, 0.15) is 6.42 Å². The Morgan fingerprint density at radius 1 is 1.29 bits per heavy atom. The maximum Gasteiger partial charge on any atom is 0.328 e. The fourth-order valence-corrected chi connectivity index (χ4v) is 2.36. The number of methoxy groups -OCH3 is 1. The molecule has 0 aliphatic carbocycles. The molecule has 3 N–H and O–H groups in total. The van der Waals surface area contributed by atoms with Crippen LogP contribution in [0, 0.1) is 0 Å². The quantitative estimate of drug-likeness (QED) is 0.512. The monoisotopic (exact) mass is 401 g/mol. The van der Waals surface area contributed by atoms with Crippen LogP contribution in [-0.4, -0.2) is 60.4 Å². The molecule has 0 unspecified atom stereocenters. The lowest BCUT2D eigenvalue weighted by atomic mass is 10.3. The summed E-state index contributed by atoms with van der Waals surface area (Å²) in [5, 5.41) is 19.0. The van der Waals surface area contributed by atoms with Crippen LogP contribution in [0.2, 0.25) is 0 Å². The van der Waals surface area contributed by atoms with Gasteiger partial charge in [-0.3, -0.25) is 0 Å². The SMILES string of the molecule is COc1cc(N2CCCNCC2)cnc1Br.O=C(O)/C=C/C(=O)O. The number of anilines is 1. The second kappa shape index (κ2) is 10.6. The highest BCUT2D eigenvalue weighted by atomic mass is 79.9. The Morgan fingerprint density at radius 2 is 1.96 bits per heavy atom. The van der Waals surface area contributed by atoms with E-state index < -0.39 is 11.9 Å². The van der Waals surface area contributed by atoms with Gasteiger partial charge in [0.05, 0.1) is 19.0 Å². The lowest BCUT2D eigenvalue weighted by Crippen LogP contribution is -2.27. The van der Waals surface area contributed by atoms with Gasteiger partial charge < -0.3 is 25.2 Å². The average molecular weight is 402 g/mol. The molecule has 0 saturated carbocycles. The van der Waals surface area contributed by atoms with Gasteiger partial charge in [0.2, 0.25) is 0 Å². The Balaban J connectivity index is 0.000000307. The van der Waals surface area contributed by atoms with Gasteiger partial charge in [-0.05, 0) is 28.9 Å². The number of halogens is 1. The fourth-order valence-electron chi connectivity index (χ4n) is 1.98. The minimum absolute atomic E-state index is 0.558. The van der Waals surface area contributed by atoms with E-state index in [-0.39, 0.29) is 0 Å². The zero-order chi connectivity index (χ0) is 17.9. The molecule has 0 aromatic carbocycles. The first-order valence-electron chi connectivity index (χ1n) is 7.23. The average Bonchev–Trinajstić information content (AvgIpc) is 2.83. The summed E-state index contributed by atoms with van der Waals surface area (Å²) in [5.41, 5.74) is 1.13. The summed E-state index contributed by atoms with van der Waals surface area (Å²) in [4.78, 5) is 25.7. The molecule has 8 nitrogen and oxygen atoms in total. The Kier molecular flexibility index (Phi) is 8.80. The number of carboxylic acid groups (broad SMARTS) is 2. The predicted octanol–water partition coefficient (Wildman–Crippen LogP) is 1.36. The molecular formula is C15H20BrN3O5. The van der Waals surface area contributed by atoms with E-state index in [0.717, 1.165) is 42.2 Å². The van der Waals surface area contributed by atoms with Gasteiger partial charge in [0, 0.05) is 37.9 Å². The van der Waals surface area contributed by atoms with E-state index in [9.17, 15) is 9.59 Å². The number of aliphatic carboxylic acids is 2. The molecule has 132 valence electrons. The first-order valence-corrected chi connectivity index (χ1v) is 8.02. The summed E-state index contributed by atoms with van der Waals surface area (Å²) in [6, 6.07) is 2.03. The third-order valence-electron chi connectivity index (χ3n) is 3.09. The predicted molar refractivity (Wildman–Crippen MR) is 92.6 cm³/mol. The van der Waals surface area contributed by atoms with E-state index in [0.29, 0.717) is 12.2 Å². The van der Waals surface area contributed by atoms with Crippen molar-refractivity contribution in [2.24, 2.45) is 0 Å². The second-order valence-corrected chi connectivity index (χ2v) is 5.54. The Hall–Kier alpha value is -2.13. The molecule has 0 spiro atoms. The fraction of sp³-hybridized carbons (Fsp3) is 0.400. The van der Waals surface area contributed by atoms with E-state index >= 15 is 0 Å². The molecule has 9 heteroatoms. The van der Waals surface area contributed by atoms with Crippen LogP contribution in [0.15, 0.2) is 29.0 Å². The number of hydrogen-bond acceptors (Lipinski definition) is 6. The summed E-state index contributed by atoms with van der Waals surface area (Å²) in [7, 11) is 1.66. The maximum atomic E-state index is 9.55. The van der Waals surface area contributed by atoms with Gasteiger partial charge in [0.15, 0.2) is 5.75 Å². The molecule has 0 atom stereocenters. The van der Waals surface area contributed by atoms with Crippen LogP contribution in [0.5, 0.6) is 5.75 Å². The number of aromatic nitrogens is 1. The molecule has 0 amide bonds. The summed E-state index contributed by atoms with van der Waals surface area (Å²) >= 11 is 3.36. The smallest absolute Gasteiger partial charge is 0.328 e. The maximum absolute atomic E-state index is 9.55. The Morgan fingerprint density at radius 3 is 2.54 bits per heavy atom. The molecule has 0 bridgehead atoms.